The van der Waals surface area contributed by atoms with Crippen molar-refractivity contribution in [3.8, 4) is 11.5 Å². The van der Waals surface area contributed by atoms with Crippen LogP contribution in [0.5, 0.6) is 11.5 Å². The molecule has 188 valence electrons. The number of aromatic hydroxyl groups is 1. The Hall–Kier alpha value is -4.55. The third-order valence-corrected chi connectivity index (χ3v) is 4.40. The zero-order valence-corrected chi connectivity index (χ0v) is 18.9. The van der Waals surface area contributed by atoms with Crippen molar-refractivity contribution >= 4 is 24.0 Å². The van der Waals surface area contributed by atoms with E-state index < -0.39 is 36.3 Å². The molecular weight excluding hydrogens is 462 g/mol. The van der Waals surface area contributed by atoms with Gasteiger partial charge in [-0.2, -0.15) is 0 Å². The predicted molar refractivity (Wildman–Crippen MR) is 122 cm³/mol. The summed E-state index contributed by atoms with van der Waals surface area (Å²) in [6.45, 7) is 1.83. The molecule has 0 aliphatic heterocycles. The van der Waals surface area contributed by atoms with Crippen LogP contribution in [0, 0.1) is 0 Å². The van der Waals surface area contributed by atoms with E-state index in [0.717, 1.165) is 5.56 Å². The molecular formula is C22H27N5O8. The number of phenolic OH excluding ortho intramolecular Hbond substituents is 1. The van der Waals surface area contributed by atoms with Gasteiger partial charge in [0.2, 0.25) is 0 Å². The van der Waals surface area contributed by atoms with E-state index in [0.29, 0.717) is 6.54 Å². The number of carboxylic acids is 1. The molecule has 0 radical (unpaired) electrons. The smallest absolute Gasteiger partial charge is 0.407 e. The molecule has 13 nitrogen and oxygen atoms in total. The number of alkyl carbamates (subject to hydrolysis) is 1. The second kappa shape index (κ2) is 13.9. The number of aliphatic carboxylic acids is 1. The van der Waals surface area contributed by atoms with Crippen molar-refractivity contribution in [3.63, 3.8) is 0 Å². The predicted octanol–water partition coefficient (Wildman–Crippen LogP) is 0.595. The van der Waals surface area contributed by atoms with E-state index in [1.807, 2.05) is 0 Å². The summed E-state index contributed by atoms with van der Waals surface area (Å²) in [6, 6.07) is 5.71. The molecule has 1 heterocycles. The zero-order valence-electron chi connectivity index (χ0n) is 18.9. The number of nitrogens with one attached hydrogen (secondary N) is 4. The largest absolute Gasteiger partial charge is 0.507 e. The van der Waals surface area contributed by atoms with Gasteiger partial charge in [-0.15, -0.1) is 0 Å². The number of ether oxygens (including phenoxy) is 2. The summed E-state index contributed by atoms with van der Waals surface area (Å²) in [6.07, 6.45) is 2.33. The fourth-order valence-corrected chi connectivity index (χ4v) is 2.68. The van der Waals surface area contributed by atoms with Gasteiger partial charge in [0.1, 0.15) is 24.1 Å². The number of pyridine rings is 1. The van der Waals surface area contributed by atoms with Gasteiger partial charge in [0.15, 0.2) is 0 Å². The van der Waals surface area contributed by atoms with Gasteiger partial charge in [-0.1, -0.05) is 0 Å². The van der Waals surface area contributed by atoms with Gasteiger partial charge >= 0.3 is 18.1 Å². The van der Waals surface area contributed by atoms with E-state index in [-0.39, 0.29) is 37.1 Å². The Morgan fingerprint density at radius 3 is 2.46 bits per heavy atom. The first-order chi connectivity index (χ1) is 16.8. The van der Waals surface area contributed by atoms with Crippen LogP contribution in [0.25, 0.3) is 0 Å². The number of hydrogen-bond donors (Lipinski definition) is 6. The summed E-state index contributed by atoms with van der Waals surface area (Å²) in [5, 5.41) is 29.0. The van der Waals surface area contributed by atoms with Crippen LogP contribution < -0.4 is 26.0 Å². The van der Waals surface area contributed by atoms with Crippen molar-refractivity contribution < 1.29 is 38.9 Å². The first-order valence-electron chi connectivity index (χ1n) is 10.6. The minimum absolute atomic E-state index is 0.0580. The molecule has 0 spiro atoms. The third-order valence-electron chi connectivity index (χ3n) is 4.40. The van der Waals surface area contributed by atoms with Crippen molar-refractivity contribution in [2.75, 3.05) is 26.3 Å². The number of aromatic nitrogens is 1. The number of nitrogens with zero attached hydrogens (tertiary/aromatic N) is 1. The zero-order chi connectivity index (χ0) is 25.6. The van der Waals surface area contributed by atoms with E-state index >= 15 is 0 Å². The Balaban J connectivity index is 1.76. The maximum Gasteiger partial charge on any atom is 0.407 e. The van der Waals surface area contributed by atoms with Crippen LogP contribution in [-0.4, -0.2) is 71.5 Å². The number of amides is 4. The molecule has 35 heavy (non-hydrogen) atoms. The average Bonchev–Trinajstić information content (AvgIpc) is 2.83. The quantitative estimate of drug-likeness (QED) is 0.232. The van der Waals surface area contributed by atoms with E-state index in [1.165, 1.54) is 18.2 Å². The number of carbonyl (C=O) groups excluding carboxylic acids is 3. The van der Waals surface area contributed by atoms with E-state index in [9.17, 15) is 24.3 Å². The lowest BCUT2D eigenvalue weighted by Gasteiger charge is -2.15. The Labute approximate surface area is 200 Å². The number of benzene rings is 1. The Kier molecular flexibility index (Phi) is 10.6. The lowest BCUT2D eigenvalue weighted by molar-refractivity contribution is -0.139. The van der Waals surface area contributed by atoms with Crippen LogP contribution >= 0.6 is 0 Å². The van der Waals surface area contributed by atoms with Gasteiger partial charge in [-0.3, -0.25) is 9.78 Å². The van der Waals surface area contributed by atoms with Gasteiger partial charge in [-0.05, 0) is 36.8 Å². The van der Waals surface area contributed by atoms with Gasteiger partial charge in [-0.25, -0.2) is 14.4 Å². The summed E-state index contributed by atoms with van der Waals surface area (Å²) in [5.74, 6) is -2.26. The minimum atomic E-state index is -1.42. The van der Waals surface area contributed by atoms with Crippen molar-refractivity contribution in [1.29, 1.82) is 0 Å². The fourth-order valence-electron chi connectivity index (χ4n) is 2.68. The summed E-state index contributed by atoms with van der Waals surface area (Å²) >= 11 is 0. The van der Waals surface area contributed by atoms with Gasteiger partial charge in [0, 0.05) is 31.5 Å². The van der Waals surface area contributed by atoms with E-state index in [1.54, 1.807) is 31.5 Å². The van der Waals surface area contributed by atoms with Crippen LogP contribution in [0.4, 0.5) is 9.59 Å². The monoisotopic (exact) mass is 489 g/mol. The standard InChI is InChI=1S/C22H27N5O8/c1-2-34-22(33)27-17(20(30)31)13-25-19(29)16-4-3-15(11-18(16)28)35-10-9-24-21(32)26-12-14-5-7-23-8-6-14/h3-8,11,17,28H,2,9-10,12-13H2,1H3,(H,25,29)(H,27,33)(H,30,31)(H2,24,26,32)/t17-/m0/s1. The molecule has 2 aromatic rings. The highest BCUT2D eigenvalue weighted by molar-refractivity contribution is 5.97. The normalized spacial score (nSPS) is 11.0. The van der Waals surface area contributed by atoms with Gasteiger partial charge < -0.3 is 41.0 Å². The maximum atomic E-state index is 12.3. The number of rotatable bonds is 12. The number of carbonyl (C=O) groups is 4. The fraction of sp³-hybridized carbons (Fsp3) is 0.318. The molecule has 0 fully saturated rings. The summed E-state index contributed by atoms with van der Waals surface area (Å²) in [7, 11) is 0. The molecule has 0 bridgehead atoms. The lowest BCUT2D eigenvalue weighted by Crippen LogP contribution is -2.48. The maximum absolute atomic E-state index is 12.3. The SMILES string of the molecule is CCOC(=O)N[C@@H](CNC(=O)c1ccc(OCCNC(=O)NCc2ccncc2)cc1O)C(=O)O. The second-order valence-corrected chi connectivity index (χ2v) is 6.96. The molecule has 4 amide bonds. The molecule has 0 saturated carbocycles. The third kappa shape index (κ3) is 9.45. The molecule has 0 aliphatic rings. The first-order valence-corrected chi connectivity index (χ1v) is 10.6. The molecule has 1 aromatic carbocycles. The number of phenols is 1. The summed E-state index contributed by atoms with van der Waals surface area (Å²) < 4.78 is 10.1. The molecule has 1 aromatic heterocycles. The number of urea groups is 1. The molecule has 0 unspecified atom stereocenters. The lowest BCUT2D eigenvalue weighted by atomic mass is 10.1. The van der Waals surface area contributed by atoms with Crippen LogP contribution in [0.15, 0.2) is 42.7 Å². The highest BCUT2D eigenvalue weighted by Gasteiger charge is 2.22. The van der Waals surface area contributed by atoms with Crippen molar-refractivity contribution in [2.45, 2.75) is 19.5 Å². The number of carboxylic acid groups (broad SMARTS) is 1. The molecule has 1 atom stereocenters. The minimum Gasteiger partial charge on any atom is -0.507 e. The van der Waals surface area contributed by atoms with Crippen molar-refractivity contribution in [2.24, 2.45) is 0 Å². The summed E-state index contributed by atoms with van der Waals surface area (Å²) in [4.78, 5) is 50.7. The highest BCUT2D eigenvalue weighted by atomic mass is 16.5. The molecule has 13 heteroatoms. The average molecular weight is 489 g/mol. The van der Waals surface area contributed by atoms with Crippen LogP contribution in [-0.2, 0) is 16.1 Å². The molecule has 0 aliphatic carbocycles. The highest BCUT2D eigenvalue weighted by Crippen LogP contribution is 2.23. The second-order valence-electron chi connectivity index (χ2n) is 6.96. The van der Waals surface area contributed by atoms with Crippen LogP contribution in [0.2, 0.25) is 0 Å². The van der Waals surface area contributed by atoms with E-state index in [4.69, 9.17) is 9.84 Å². The Morgan fingerprint density at radius 2 is 1.80 bits per heavy atom. The van der Waals surface area contributed by atoms with Gasteiger partial charge in [0.05, 0.1) is 18.7 Å². The first kappa shape index (κ1) is 26.7. The molecule has 2 rings (SSSR count). The molecule has 6 N–H and O–H groups in total. The summed E-state index contributed by atoms with van der Waals surface area (Å²) in [5.41, 5.74) is 0.783. The Morgan fingerprint density at radius 1 is 1.06 bits per heavy atom. The van der Waals surface area contributed by atoms with Crippen LogP contribution in [0.1, 0.15) is 22.8 Å². The number of hydrogen-bond acceptors (Lipinski definition) is 8. The van der Waals surface area contributed by atoms with Gasteiger partial charge in [0.25, 0.3) is 5.91 Å². The molecule has 0 saturated heterocycles. The van der Waals surface area contributed by atoms with Crippen molar-refractivity contribution in [3.05, 3.63) is 53.9 Å². The van der Waals surface area contributed by atoms with Crippen LogP contribution in [0.3, 0.4) is 0 Å². The van der Waals surface area contributed by atoms with E-state index in [2.05, 4.69) is 31.0 Å². The topological polar surface area (TPSA) is 188 Å². The Bertz CT molecular complexity index is 1020. The van der Waals surface area contributed by atoms with Crippen molar-refractivity contribution in [1.82, 2.24) is 26.3 Å².